The zero-order valence-electron chi connectivity index (χ0n) is 12.9. The molecule has 7 heteroatoms. The van der Waals surface area contributed by atoms with Gasteiger partial charge in [0.25, 0.3) is 0 Å². The molecule has 2 rings (SSSR count). The molecule has 0 bridgehead atoms. The molecule has 122 valence electrons. The lowest BCUT2D eigenvalue weighted by Gasteiger charge is -2.22. The summed E-state index contributed by atoms with van der Waals surface area (Å²) in [7, 11) is -1.15. The van der Waals surface area contributed by atoms with E-state index in [-0.39, 0.29) is 30.0 Å². The second-order valence-electron chi connectivity index (χ2n) is 5.48. The Hall–Kier alpha value is -1.60. The second-order valence-corrected chi connectivity index (χ2v) is 7.71. The van der Waals surface area contributed by atoms with Crippen LogP contribution in [-0.4, -0.2) is 57.0 Å². The van der Waals surface area contributed by atoms with Crippen molar-refractivity contribution in [1.82, 2.24) is 4.90 Å². The van der Waals surface area contributed by atoms with Crippen LogP contribution in [0, 0.1) is 0 Å². The average molecular weight is 326 g/mol. The lowest BCUT2D eigenvalue weighted by Crippen LogP contribution is -2.38. The molecule has 0 spiro atoms. The first-order valence-electron chi connectivity index (χ1n) is 7.33. The van der Waals surface area contributed by atoms with Gasteiger partial charge in [-0.2, -0.15) is 0 Å². The summed E-state index contributed by atoms with van der Waals surface area (Å²) in [6.07, 6.45) is 0.592. The minimum atomic E-state index is -2.93. The lowest BCUT2D eigenvalue weighted by atomic mass is 10.2. The molecule has 1 aliphatic heterocycles. The molecule has 1 heterocycles. The van der Waals surface area contributed by atoms with Crippen LogP contribution in [0.3, 0.4) is 0 Å². The molecule has 1 amide bonds. The van der Waals surface area contributed by atoms with E-state index in [0.29, 0.717) is 18.7 Å². The first-order chi connectivity index (χ1) is 10.4. The van der Waals surface area contributed by atoms with Crippen LogP contribution < -0.4 is 10.1 Å². The average Bonchev–Trinajstić information content (AvgIpc) is 2.81. The second kappa shape index (κ2) is 7.11. The van der Waals surface area contributed by atoms with Crippen LogP contribution >= 0.6 is 0 Å². The molecule has 6 nitrogen and oxygen atoms in total. The van der Waals surface area contributed by atoms with Crippen LogP contribution in [0.5, 0.6) is 5.75 Å². The van der Waals surface area contributed by atoms with Gasteiger partial charge < -0.3 is 10.1 Å². The van der Waals surface area contributed by atoms with Crippen LogP contribution in [0.4, 0.5) is 5.69 Å². The van der Waals surface area contributed by atoms with Crippen molar-refractivity contribution in [2.75, 3.05) is 37.0 Å². The summed E-state index contributed by atoms with van der Waals surface area (Å²) in [6.45, 7) is 2.68. The first-order valence-corrected chi connectivity index (χ1v) is 9.15. The molecular formula is C15H22N2O4S. The number of hydrogen-bond donors (Lipinski definition) is 1. The van der Waals surface area contributed by atoms with Gasteiger partial charge in [0.2, 0.25) is 5.91 Å². The molecule has 1 aromatic rings. The van der Waals surface area contributed by atoms with E-state index in [1.54, 1.807) is 36.2 Å². The third kappa shape index (κ3) is 4.71. The number of sulfone groups is 1. The highest BCUT2D eigenvalue weighted by Crippen LogP contribution is 2.17. The number of likely N-dealkylation sites (N-methyl/N-ethyl adjacent to an activating group) is 1. The highest BCUT2D eigenvalue weighted by molar-refractivity contribution is 7.91. The Labute approximate surface area is 131 Å². The first kappa shape index (κ1) is 16.8. The molecule has 1 N–H and O–H groups in total. The van der Waals surface area contributed by atoms with E-state index in [4.69, 9.17) is 4.74 Å². The minimum absolute atomic E-state index is 0.0731. The smallest absolute Gasteiger partial charge is 0.238 e. The molecule has 1 aromatic carbocycles. The van der Waals surface area contributed by atoms with Crippen molar-refractivity contribution in [3.63, 3.8) is 0 Å². The van der Waals surface area contributed by atoms with Gasteiger partial charge in [0.15, 0.2) is 9.84 Å². The maximum Gasteiger partial charge on any atom is 0.238 e. The molecule has 0 radical (unpaired) electrons. The van der Waals surface area contributed by atoms with Gasteiger partial charge in [-0.15, -0.1) is 0 Å². The fourth-order valence-corrected chi connectivity index (χ4v) is 4.29. The van der Waals surface area contributed by atoms with Crippen molar-refractivity contribution >= 4 is 21.4 Å². The maximum absolute atomic E-state index is 12.0. The van der Waals surface area contributed by atoms with Gasteiger partial charge in [-0.05, 0) is 44.7 Å². The summed E-state index contributed by atoms with van der Waals surface area (Å²) in [5.74, 6) is 0.951. The maximum atomic E-state index is 12.0. The number of nitrogens with one attached hydrogen (secondary N) is 1. The molecule has 1 saturated heterocycles. The van der Waals surface area contributed by atoms with E-state index >= 15 is 0 Å². The monoisotopic (exact) mass is 326 g/mol. The number of carbonyl (C=O) groups excluding carboxylic acids is 1. The highest BCUT2D eigenvalue weighted by atomic mass is 32.2. The van der Waals surface area contributed by atoms with Crippen LogP contribution in [0.25, 0.3) is 0 Å². The quantitative estimate of drug-likeness (QED) is 0.848. The minimum Gasteiger partial charge on any atom is -0.494 e. The van der Waals surface area contributed by atoms with E-state index < -0.39 is 9.84 Å². The SMILES string of the molecule is CCOc1ccc(NC(=O)CN(C)C2CCS(=O)(=O)C2)cc1. The van der Waals surface area contributed by atoms with Crippen molar-refractivity contribution in [2.45, 2.75) is 19.4 Å². The van der Waals surface area contributed by atoms with Crippen LogP contribution in [0.15, 0.2) is 24.3 Å². The van der Waals surface area contributed by atoms with Crippen molar-refractivity contribution in [3.8, 4) is 5.75 Å². The van der Waals surface area contributed by atoms with E-state index in [2.05, 4.69) is 5.32 Å². The molecule has 0 aromatic heterocycles. The molecule has 1 fully saturated rings. The Bertz CT molecular complexity index is 613. The van der Waals surface area contributed by atoms with Gasteiger partial charge in [-0.3, -0.25) is 9.69 Å². The van der Waals surface area contributed by atoms with Crippen LogP contribution in [0.2, 0.25) is 0 Å². The fraction of sp³-hybridized carbons (Fsp3) is 0.533. The number of hydrogen-bond acceptors (Lipinski definition) is 5. The summed E-state index contributed by atoms with van der Waals surface area (Å²) in [5.41, 5.74) is 0.695. The van der Waals surface area contributed by atoms with E-state index in [0.717, 1.165) is 5.75 Å². The molecule has 1 atom stereocenters. The van der Waals surface area contributed by atoms with E-state index in [9.17, 15) is 13.2 Å². The number of benzene rings is 1. The third-order valence-electron chi connectivity index (χ3n) is 3.67. The molecular weight excluding hydrogens is 304 g/mol. The van der Waals surface area contributed by atoms with Crippen LogP contribution in [-0.2, 0) is 14.6 Å². The van der Waals surface area contributed by atoms with E-state index in [1.807, 2.05) is 6.92 Å². The number of rotatable bonds is 6. The highest BCUT2D eigenvalue weighted by Gasteiger charge is 2.31. The number of anilines is 1. The Kier molecular flexibility index (Phi) is 5.42. The normalized spacial score (nSPS) is 20.0. The number of amides is 1. The third-order valence-corrected chi connectivity index (χ3v) is 5.42. The molecule has 0 aliphatic carbocycles. The summed E-state index contributed by atoms with van der Waals surface area (Å²) in [5, 5.41) is 2.80. The molecule has 1 unspecified atom stereocenters. The van der Waals surface area contributed by atoms with Gasteiger partial charge in [0, 0.05) is 11.7 Å². The topological polar surface area (TPSA) is 75.7 Å². The Balaban J connectivity index is 1.84. The van der Waals surface area contributed by atoms with Crippen molar-refractivity contribution in [1.29, 1.82) is 0 Å². The largest absolute Gasteiger partial charge is 0.494 e. The van der Waals surface area contributed by atoms with Gasteiger partial charge in [0.1, 0.15) is 5.75 Å². The fourth-order valence-electron chi connectivity index (χ4n) is 2.48. The summed E-state index contributed by atoms with van der Waals surface area (Å²) < 4.78 is 28.3. The van der Waals surface area contributed by atoms with Gasteiger partial charge in [-0.25, -0.2) is 8.42 Å². The molecule has 22 heavy (non-hydrogen) atoms. The zero-order valence-corrected chi connectivity index (χ0v) is 13.7. The van der Waals surface area contributed by atoms with E-state index in [1.165, 1.54) is 0 Å². The molecule has 0 saturated carbocycles. The number of carbonyl (C=O) groups is 1. The van der Waals surface area contributed by atoms with Gasteiger partial charge in [0.05, 0.1) is 24.7 Å². The number of ether oxygens (including phenoxy) is 1. The standard InChI is InChI=1S/C15H22N2O4S/c1-3-21-14-6-4-12(5-7-14)16-15(18)10-17(2)13-8-9-22(19,20)11-13/h4-7,13H,3,8-11H2,1-2H3,(H,16,18). The predicted octanol–water partition coefficient (Wildman–Crippen LogP) is 1.14. The zero-order chi connectivity index (χ0) is 16.2. The Morgan fingerprint density at radius 2 is 2.05 bits per heavy atom. The van der Waals surface area contributed by atoms with Crippen molar-refractivity contribution in [3.05, 3.63) is 24.3 Å². The summed E-state index contributed by atoms with van der Waals surface area (Å²) >= 11 is 0. The Morgan fingerprint density at radius 3 is 2.59 bits per heavy atom. The number of nitrogens with zero attached hydrogens (tertiary/aromatic N) is 1. The Morgan fingerprint density at radius 1 is 1.36 bits per heavy atom. The molecule has 1 aliphatic rings. The van der Waals surface area contributed by atoms with Gasteiger partial charge >= 0.3 is 0 Å². The lowest BCUT2D eigenvalue weighted by molar-refractivity contribution is -0.117. The van der Waals surface area contributed by atoms with Gasteiger partial charge in [-0.1, -0.05) is 0 Å². The summed E-state index contributed by atoms with van der Waals surface area (Å²) in [4.78, 5) is 13.8. The van der Waals surface area contributed by atoms with Crippen LogP contribution in [0.1, 0.15) is 13.3 Å². The van der Waals surface area contributed by atoms with Crippen molar-refractivity contribution < 1.29 is 17.9 Å². The summed E-state index contributed by atoms with van der Waals surface area (Å²) in [6, 6.07) is 7.08. The van der Waals surface area contributed by atoms with Crippen molar-refractivity contribution in [2.24, 2.45) is 0 Å². The predicted molar refractivity (Wildman–Crippen MR) is 85.9 cm³/mol.